The van der Waals surface area contributed by atoms with Crippen LogP contribution in [0.2, 0.25) is 0 Å². The van der Waals surface area contributed by atoms with E-state index in [0.29, 0.717) is 23.9 Å². The Hall–Kier alpha value is -2.64. The van der Waals surface area contributed by atoms with E-state index in [4.69, 9.17) is 0 Å². The molecule has 2 bridgehead atoms. The molecule has 2 aliphatic rings. The highest BCUT2D eigenvalue weighted by atomic mass is 35.5. The minimum absolute atomic E-state index is 0. The first-order valence-electron chi connectivity index (χ1n) is 9.76. The van der Waals surface area contributed by atoms with Crippen LogP contribution in [0, 0.1) is 12.8 Å². The lowest BCUT2D eigenvalue weighted by Gasteiger charge is -2.43. The molecular weight excluding hydrogens is 390 g/mol. The molecular formula is C21H24ClN5O2. The van der Waals surface area contributed by atoms with Crippen molar-refractivity contribution < 1.29 is 4.79 Å². The van der Waals surface area contributed by atoms with Crippen molar-refractivity contribution in [2.45, 2.75) is 25.3 Å². The summed E-state index contributed by atoms with van der Waals surface area (Å²) < 4.78 is 3.62. The van der Waals surface area contributed by atoms with Crippen molar-refractivity contribution >= 4 is 23.8 Å². The number of piperidine rings is 1. The molecule has 0 saturated carbocycles. The lowest BCUT2D eigenvalue weighted by atomic mass is 9.79. The summed E-state index contributed by atoms with van der Waals surface area (Å²) in [6.45, 7) is 4.19. The van der Waals surface area contributed by atoms with E-state index in [0.717, 1.165) is 36.3 Å². The van der Waals surface area contributed by atoms with Crippen molar-refractivity contribution in [3.63, 3.8) is 0 Å². The van der Waals surface area contributed by atoms with E-state index >= 15 is 0 Å². The molecule has 152 valence electrons. The number of aromatic nitrogens is 3. The van der Waals surface area contributed by atoms with Gasteiger partial charge in [0.15, 0.2) is 0 Å². The number of carbonyl (C=O) groups is 1. The maximum absolute atomic E-state index is 12.9. The Balaban J connectivity index is 0.00000205. The number of fused-ring (bicyclic) bond motifs is 5. The van der Waals surface area contributed by atoms with Gasteiger partial charge in [0.1, 0.15) is 0 Å². The third-order valence-corrected chi connectivity index (χ3v) is 6.08. The van der Waals surface area contributed by atoms with E-state index in [1.807, 2.05) is 42.0 Å². The number of rotatable bonds is 3. The van der Waals surface area contributed by atoms with Crippen LogP contribution in [0.15, 0.2) is 47.5 Å². The average molecular weight is 414 g/mol. The summed E-state index contributed by atoms with van der Waals surface area (Å²) in [6.07, 6.45) is 4.55. The first-order valence-corrected chi connectivity index (χ1v) is 9.76. The molecule has 3 aromatic heterocycles. The van der Waals surface area contributed by atoms with E-state index in [1.54, 1.807) is 16.8 Å². The molecule has 8 heteroatoms. The van der Waals surface area contributed by atoms with E-state index in [1.165, 1.54) is 0 Å². The van der Waals surface area contributed by atoms with Crippen molar-refractivity contribution in [3.05, 3.63) is 69.9 Å². The van der Waals surface area contributed by atoms with Gasteiger partial charge in [-0.15, -0.1) is 12.4 Å². The monoisotopic (exact) mass is 413 g/mol. The zero-order valence-electron chi connectivity index (χ0n) is 16.2. The highest BCUT2D eigenvalue weighted by molar-refractivity contribution is 6.00. The molecule has 0 unspecified atom stereocenters. The van der Waals surface area contributed by atoms with Gasteiger partial charge in [0.05, 0.1) is 23.3 Å². The van der Waals surface area contributed by atoms with Crippen LogP contribution < -0.4 is 16.2 Å². The topological polar surface area (TPSA) is 80.4 Å². The van der Waals surface area contributed by atoms with Crippen LogP contribution in [0.25, 0.3) is 5.52 Å². The second-order valence-corrected chi connectivity index (χ2v) is 7.88. The van der Waals surface area contributed by atoms with Crippen molar-refractivity contribution in [1.82, 2.24) is 24.8 Å². The Morgan fingerprint density at radius 1 is 1.28 bits per heavy atom. The lowest BCUT2D eigenvalue weighted by molar-refractivity contribution is 0.0934. The highest BCUT2D eigenvalue weighted by Gasteiger charge is 2.37. The molecule has 0 aromatic carbocycles. The van der Waals surface area contributed by atoms with Crippen LogP contribution in [-0.4, -0.2) is 39.7 Å². The molecule has 5 heterocycles. The Morgan fingerprint density at radius 2 is 2.14 bits per heavy atom. The molecule has 0 spiro atoms. The quantitative estimate of drug-likeness (QED) is 0.687. The first-order chi connectivity index (χ1) is 13.6. The molecule has 5 rings (SSSR count). The number of halogens is 1. The standard InChI is InChI=1S/C21H23N5O2.ClH/c1-13-5-6-18-16(10-24-25(18)12-13)21(28)23-11-19-15-7-14(8-22-9-15)17-3-2-4-20(27)26(17)19;/h2-6,10,12,14-15,19,22H,7-9,11H2,1H3,(H,23,28);1H/t14-,15+,19+;/m1./s1. The number of hydrogen-bond acceptors (Lipinski definition) is 4. The zero-order valence-corrected chi connectivity index (χ0v) is 17.0. The Bertz CT molecular complexity index is 1120. The van der Waals surface area contributed by atoms with Gasteiger partial charge in [0.25, 0.3) is 11.5 Å². The second-order valence-electron chi connectivity index (χ2n) is 7.88. The van der Waals surface area contributed by atoms with Gasteiger partial charge >= 0.3 is 0 Å². The fraction of sp³-hybridized carbons (Fsp3) is 0.381. The number of hydrogen-bond donors (Lipinski definition) is 2. The Morgan fingerprint density at radius 3 is 3.00 bits per heavy atom. The Kier molecular flexibility index (Phi) is 5.19. The molecule has 3 atom stereocenters. The maximum Gasteiger partial charge on any atom is 0.255 e. The van der Waals surface area contributed by atoms with Gasteiger partial charge in [-0.1, -0.05) is 12.1 Å². The summed E-state index contributed by atoms with van der Waals surface area (Å²) in [5.41, 5.74) is 3.50. The number of nitrogens with one attached hydrogen (secondary N) is 2. The van der Waals surface area contributed by atoms with Crippen molar-refractivity contribution in [2.24, 2.45) is 5.92 Å². The van der Waals surface area contributed by atoms with Gasteiger partial charge in [-0.3, -0.25) is 9.59 Å². The molecule has 1 amide bonds. The SMILES string of the molecule is Cc1ccc2c(C(=O)NC[C@H]3[C@@H]4CNC[C@@H](C4)c4cccc(=O)n43)cnn2c1.Cl. The number of carbonyl (C=O) groups excluding carboxylic acids is 1. The predicted octanol–water partition coefficient (Wildman–Crippen LogP) is 1.90. The lowest BCUT2D eigenvalue weighted by Crippen LogP contribution is -2.50. The minimum atomic E-state index is -0.157. The van der Waals surface area contributed by atoms with E-state index < -0.39 is 0 Å². The molecule has 3 aromatic rings. The van der Waals surface area contributed by atoms with Crippen LogP contribution >= 0.6 is 12.4 Å². The largest absolute Gasteiger partial charge is 0.350 e. The number of pyridine rings is 2. The first kappa shape index (κ1) is 19.7. The van der Waals surface area contributed by atoms with Gasteiger partial charge in [0.2, 0.25) is 0 Å². The van der Waals surface area contributed by atoms with Gasteiger partial charge in [-0.05, 0) is 37.0 Å². The summed E-state index contributed by atoms with van der Waals surface area (Å²) in [5, 5.41) is 10.8. The molecule has 1 fully saturated rings. The highest BCUT2D eigenvalue weighted by Crippen LogP contribution is 2.38. The average Bonchev–Trinajstić information content (AvgIpc) is 3.11. The molecule has 2 N–H and O–H groups in total. The second kappa shape index (κ2) is 7.65. The summed E-state index contributed by atoms with van der Waals surface area (Å²) >= 11 is 0. The van der Waals surface area contributed by atoms with Crippen LogP contribution in [-0.2, 0) is 0 Å². The van der Waals surface area contributed by atoms with Crippen LogP contribution in [0.1, 0.15) is 40.0 Å². The molecule has 2 aliphatic heterocycles. The van der Waals surface area contributed by atoms with Crippen molar-refractivity contribution in [1.29, 1.82) is 0 Å². The summed E-state index contributed by atoms with van der Waals surface area (Å²) in [4.78, 5) is 25.5. The van der Waals surface area contributed by atoms with E-state index in [2.05, 4.69) is 15.7 Å². The third kappa shape index (κ3) is 3.34. The molecule has 0 radical (unpaired) electrons. The zero-order chi connectivity index (χ0) is 19.3. The van der Waals surface area contributed by atoms with E-state index in [9.17, 15) is 9.59 Å². The Labute approximate surface area is 174 Å². The minimum Gasteiger partial charge on any atom is -0.350 e. The van der Waals surface area contributed by atoms with Gasteiger partial charge in [-0.25, -0.2) is 4.52 Å². The van der Waals surface area contributed by atoms with Gasteiger partial charge in [-0.2, -0.15) is 5.10 Å². The summed E-state index contributed by atoms with van der Waals surface area (Å²) in [7, 11) is 0. The van der Waals surface area contributed by atoms with Crippen molar-refractivity contribution in [2.75, 3.05) is 19.6 Å². The van der Waals surface area contributed by atoms with Crippen molar-refractivity contribution in [3.8, 4) is 0 Å². The summed E-state index contributed by atoms with van der Waals surface area (Å²) in [5.74, 6) is 0.538. The smallest absolute Gasteiger partial charge is 0.255 e. The molecule has 7 nitrogen and oxygen atoms in total. The van der Waals surface area contributed by atoms with E-state index in [-0.39, 0.29) is 29.9 Å². The van der Waals surface area contributed by atoms with Gasteiger partial charge in [0, 0.05) is 43.5 Å². The molecule has 1 saturated heterocycles. The fourth-order valence-corrected chi connectivity index (χ4v) is 4.72. The number of amides is 1. The van der Waals surface area contributed by atoms with Gasteiger partial charge < -0.3 is 15.2 Å². The fourth-order valence-electron chi connectivity index (χ4n) is 4.72. The third-order valence-electron chi connectivity index (χ3n) is 6.08. The predicted molar refractivity (Wildman–Crippen MR) is 113 cm³/mol. The number of nitrogens with zero attached hydrogens (tertiary/aromatic N) is 3. The normalized spacial score (nSPS) is 22.6. The van der Waals surface area contributed by atoms with Crippen LogP contribution in [0.5, 0.6) is 0 Å². The molecule has 29 heavy (non-hydrogen) atoms. The van der Waals surface area contributed by atoms with Crippen LogP contribution in [0.3, 0.4) is 0 Å². The van der Waals surface area contributed by atoms with Crippen LogP contribution in [0.4, 0.5) is 0 Å². The maximum atomic E-state index is 12.9. The summed E-state index contributed by atoms with van der Waals surface area (Å²) in [6, 6.07) is 9.32. The molecule has 0 aliphatic carbocycles. The number of aryl methyl sites for hydroxylation is 1.